The second-order valence-electron chi connectivity index (χ2n) is 7.81. The van der Waals surface area contributed by atoms with Gasteiger partial charge in [-0.2, -0.15) is 0 Å². The minimum Gasteiger partial charge on any atom is -0.366 e. The number of thioether (sulfide) groups is 1. The minimum absolute atomic E-state index is 0.0129. The normalized spacial score (nSPS) is 23.9. The van der Waals surface area contributed by atoms with E-state index < -0.39 is 0 Å². The molecule has 2 saturated heterocycles. The second kappa shape index (κ2) is 9.23. The molecular formula is C23H25Cl2N3OS. The molecule has 1 amide bonds. The number of halogens is 2. The van der Waals surface area contributed by atoms with Crippen molar-refractivity contribution in [2.75, 3.05) is 35.2 Å². The van der Waals surface area contributed by atoms with E-state index in [4.69, 9.17) is 23.2 Å². The number of anilines is 2. The summed E-state index contributed by atoms with van der Waals surface area (Å²) in [7, 11) is 0. The lowest BCUT2D eigenvalue weighted by Crippen LogP contribution is -2.54. The van der Waals surface area contributed by atoms with E-state index in [1.807, 2.05) is 12.1 Å². The molecule has 0 radical (unpaired) electrons. The molecule has 2 aromatic carbocycles. The smallest absolute Gasteiger partial charge is 0.264 e. The van der Waals surface area contributed by atoms with Gasteiger partial charge in [0, 0.05) is 58.9 Å². The summed E-state index contributed by atoms with van der Waals surface area (Å²) in [6.45, 7) is 6.95. The first kappa shape index (κ1) is 21.6. The number of carbonyl (C=O) groups is 1. The summed E-state index contributed by atoms with van der Waals surface area (Å²) in [5.41, 5.74) is 2.98. The largest absolute Gasteiger partial charge is 0.366 e. The number of nitrogens with zero attached hydrogens (tertiary/aromatic N) is 2. The molecule has 0 bridgehead atoms. The van der Waals surface area contributed by atoms with Gasteiger partial charge in [0.15, 0.2) is 0 Å². The SMILES string of the molecule is CC1CN(c2ccccc2/C=C2/SCCN(c3cc(Cl)cc(Cl)c3)C2=O)C(C)CN1. The summed E-state index contributed by atoms with van der Waals surface area (Å²) >= 11 is 13.9. The van der Waals surface area contributed by atoms with Crippen molar-refractivity contribution < 1.29 is 4.79 Å². The Bertz CT molecular complexity index is 960. The van der Waals surface area contributed by atoms with Gasteiger partial charge in [0.1, 0.15) is 0 Å². The number of piperazine rings is 1. The fourth-order valence-corrected chi connectivity index (χ4v) is 5.41. The molecule has 2 unspecified atom stereocenters. The summed E-state index contributed by atoms with van der Waals surface area (Å²) < 4.78 is 0. The maximum absolute atomic E-state index is 13.3. The van der Waals surface area contributed by atoms with Crippen LogP contribution in [0.25, 0.3) is 6.08 Å². The van der Waals surface area contributed by atoms with Crippen molar-refractivity contribution in [2.45, 2.75) is 25.9 Å². The highest BCUT2D eigenvalue weighted by Crippen LogP contribution is 2.34. The van der Waals surface area contributed by atoms with Crippen LogP contribution >= 0.6 is 35.0 Å². The van der Waals surface area contributed by atoms with E-state index in [1.54, 1.807) is 34.9 Å². The molecule has 0 saturated carbocycles. The summed E-state index contributed by atoms with van der Waals surface area (Å²) in [5, 5.41) is 4.59. The number of carbonyl (C=O) groups excluding carboxylic acids is 1. The first-order valence-corrected chi connectivity index (χ1v) is 11.9. The maximum atomic E-state index is 13.3. The highest BCUT2D eigenvalue weighted by molar-refractivity contribution is 8.04. The van der Waals surface area contributed by atoms with Gasteiger partial charge in [-0.05, 0) is 49.8 Å². The van der Waals surface area contributed by atoms with Crippen molar-refractivity contribution >= 4 is 58.3 Å². The van der Waals surface area contributed by atoms with Crippen LogP contribution < -0.4 is 15.1 Å². The molecule has 2 atom stereocenters. The minimum atomic E-state index is -0.0129. The van der Waals surface area contributed by atoms with Crippen molar-refractivity contribution in [3.63, 3.8) is 0 Å². The Morgan fingerprint density at radius 1 is 1.13 bits per heavy atom. The molecule has 4 nitrogen and oxygen atoms in total. The Kier molecular flexibility index (Phi) is 6.63. The predicted molar refractivity (Wildman–Crippen MR) is 130 cm³/mol. The van der Waals surface area contributed by atoms with Crippen molar-refractivity contribution in [1.82, 2.24) is 5.32 Å². The van der Waals surface area contributed by atoms with E-state index in [9.17, 15) is 4.79 Å². The summed E-state index contributed by atoms with van der Waals surface area (Å²) in [4.78, 5) is 18.2. The van der Waals surface area contributed by atoms with E-state index in [1.165, 1.54) is 5.69 Å². The lowest BCUT2D eigenvalue weighted by Gasteiger charge is -2.40. The molecule has 1 N–H and O–H groups in total. The maximum Gasteiger partial charge on any atom is 0.264 e. The predicted octanol–water partition coefficient (Wildman–Crippen LogP) is 5.30. The molecule has 30 heavy (non-hydrogen) atoms. The van der Waals surface area contributed by atoms with Crippen molar-refractivity contribution in [3.8, 4) is 0 Å². The van der Waals surface area contributed by atoms with Gasteiger partial charge in [-0.3, -0.25) is 4.79 Å². The Morgan fingerprint density at radius 3 is 2.63 bits per heavy atom. The average Bonchev–Trinajstić information content (AvgIpc) is 2.71. The van der Waals surface area contributed by atoms with E-state index in [-0.39, 0.29) is 5.91 Å². The third-order valence-corrected chi connectivity index (χ3v) is 6.91. The number of benzene rings is 2. The van der Waals surface area contributed by atoms with Crippen LogP contribution in [-0.2, 0) is 4.79 Å². The summed E-state index contributed by atoms with van der Waals surface area (Å²) in [6, 6.07) is 14.4. The summed E-state index contributed by atoms with van der Waals surface area (Å²) in [6.07, 6.45) is 2.03. The molecule has 0 spiro atoms. The molecular weight excluding hydrogens is 437 g/mol. The molecule has 2 aliphatic heterocycles. The third-order valence-electron chi connectivity index (χ3n) is 5.48. The van der Waals surface area contributed by atoms with Crippen LogP contribution in [-0.4, -0.2) is 43.4 Å². The molecule has 2 fully saturated rings. The number of nitrogens with one attached hydrogen (secondary N) is 1. The Morgan fingerprint density at radius 2 is 1.87 bits per heavy atom. The van der Waals surface area contributed by atoms with E-state index in [0.717, 1.165) is 35.0 Å². The zero-order valence-electron chi connectivity index (χ0n) is 17.1. The second-order valence-corrected chi connectivity index (χ2v) is 9.82. The molecule has 0 aliphatic carbocycles. The first-order valence-electron chi connectivity index (χ1n) is 10.1. The zero-order chi connectivity index (χ0) is 21.3. The number of rotatable bonds is 3. The van der Waals surface area contributed by atoms with Gasteiger partial charge in [-0.15, -0.1) is 11.8 Å². The van der Waals surface area contributed by atoms with E-state index in [2.05, 4.69) is 42.3 Å². The van der Waals surface area contributed by atoms with Crippen molar-refractivity contribution in [2.24, 2.45) is 0 Å². The van der Waals surface area contributed by atoms with Gasteiger partial charge in [-0.1, -0.05) is 41.4 Å². The van der Waals surface area contributed by atoms with E-state index >= 15 is 0 Å². The lowest BCUT2D eigenvalue weighted by molar-refractivity contribution is -0.114. The number of para-hydroxylation sites is 1. The van der Waals surface area contributed by atoms with E-state index in [0.29, 0.717) is 28.7 Å². The van der Waals surface area contributed by atoms with Crippen molar-refractivity contribution in [1.29, 1.82) is 0 Å². The molecule has 2 heterocycles. The number of amides is 1. The van der Waals surface area contributed by atoms with Gasteiger partial charge in [0.05, 0.1) is 4.91 Å². The molecule has 4 rings (SSSR count). The van der Waals surface area contributed by atoms with Gasteiger partial charge in [-0.25, -0.2) is 0 Å². The summed E-state index contributed by atoms with van der Waals surface area (Å²) in [5.74, 6) is 0.811. The highest BCUT2D eigenvalue weighted by atomic mass is 35.5. The number of hydrogen-bond acceptors (Lipinski definition) is 4. The van der Waals surface area contributed by atoms with Gasteiger partial charge < -0.3 is 15.1 Å². The van der Waals surface area contributed by atoms with Crippen molar-refractivity contribution in [3.05, 3.63) is 63.0 Å². The van der Waals surface area contributed by atoms with Gasteiger partial charge in [0.2, 0.25) is 0 Å². The fourth-order valence-electron chi connectivity index (χ4n) is 3.96. The Hall–Kier alpha value is -1.66. The average molecular weight is 462 g/mol. The monoisotopic (exact) mass is 461 g/mol. The molecule has 0 aromatic heterocycles. The van der Waals surface area contributed by atoms with Crippen LogP contribution in [0.1, 0.15) is 19.4 Å². The first-order chi connectivity index (χ1) is 14.4. The van der Waals surface area contributed by atoms with Crippen LogP contribution in [0.15, 0.2) is 47.4 Å². The lowest BCUT2D eigenvalue weighted by atomic mass is 10.1. The fraction of sp³-hybridized carbons (Fsp3) is 0.348. The highest BCUT2D eigenvalue weighted by Gasteiger charge is 2.27. The van der Waals surface area contributed by atoms with Crippen LogP contribution in [0.2, 0.25) is 10.0 Å². The van der Waals surface area contributed by atoms with Gasteiger partial charge >= 0.3 is 0 Å². The standard InChI is InChI=1S/C23H25Cl2N3OS/c1-15-14-28(16(2)13-26-15)21-6-4-3-5-17(21)9-22-23(29)27(7-8-30-22)20-11-18(24)10-19(25)12-20/h3-6,9-12,15-16,26H,7-8,13-14H2,1-2H3/b22-9+. The van der Waals surface area contributed by atoms with Crippen LogP contribution in [0.3, 0.4) is 0 Å². The quantitative estimate of drug-likeness (QED) is 0.628. The Balaban J connectivity index is 1.66. The molecule has 2 aliphatic rings. The third kappa shape index (κ3) is 4.65. The Labute approximate surface area is 192 Å². The zero-order valence-corrected chi connectivity index (χ0v) is 19.4. The van der Waals surface area contributed by atoms with Crippen LogP contribution in [0.4, 0.5) is 11.4 Å². The molecule has 158 valence electrons. The van der Waals surface area contributed by atoms with Crippen LogP contribution in [0, 0.1) is 0 Å². The van der Waals surface area contributed by atoms with Gasteiger partial charge in [0.25, 0.3) is 5.91 Å². The van der Waals surface area contributed by atoms with Crippen LogP contribution in [0.5, 0.6) is 0 Å². The molecule has 2 aromatic rings. The molecule has 7 heteroatoms. The topological polar surface area (TPSA) is 35.6 Å². The number of hydrogen-bond donors (Lipinski definition) is 1.